The maximum absolute atomic E-state index is 11.7. The lowest BCUT2D eigenvalue weighted by molar-refractivity contribution is -0.117. The third-order valence-electron chi connectivity index (χ3n) is 2.53. The summed E-state index contributed by atoms with van der Waals surface area (Å²) in [5.74, 6) is -0.311. The lowest BCUT2D eigenvalue weighted by Gasteiger charge is -2.01. The Morgan fingerprint density at radius 3 is 2.74 bits per heavy atom. The predicted octanol–water partition coefficient (Wildman–Crippen LogP) is 3.07. The Balaban J connectivity index is 2.60. The molecule has 0 unspecified atom stereocenters. The van der Waals surface area contributed by atoms with E-state index in [9.17, 15) is 4.79 Å². The van der Waals surface area contributed by atoms with Crippen LogP contribution >= 0.6 is 0 Å². The van der Waals surface area contributed by atoms with Crippen molar-refractivity contribution in [1.82, 2.24) is 5.32 Å². The zero-order valence-corrected chi connectivity index (χ0v) is 11.1. The van der Waals surface area contributed by atoms with Gasteiger partial charge in [0.2, 0.25) is 0 Å². The standard InChI is InChI=1S/C16H18N2O/c1-2-3-12-18-16(19)15(13-17)11-7-10-14-8-5-4-6-9-14/h4-11H,2-3,12H2,1H3,(H,18,19)/b10-7+,15-11-. The summed E-state index contributed by atoms with van der Waals surface area (Å²) >= 11 is 0. The Morgan fingerprint density at radius 1 is 1.37 bits per heavy atom. The molecule has 0 aliphatic heterocycles. The van der Waals surface area contributed by atoms with Crippen molar-refractivity contribution in [3.05, 3.63) is 53.6 Å². The van der Waals surface area contributed by atoms with Crippen LogP contribution in [0.3, 0.4) is 0 Å². The number of unbranched alkanes of at least 4 members (excludes halogenated alkanes) is 1. The average molecular weight is 254 g/mol. The van der Waals surface area contributed by atoms with Crippen LogP contribution in [0.15, 0.2) is 48.1 Å². The number of hydrogen-bond donors (Lipinski definition) is 1. The second kappa shape index (κ2) is 8.71. The van der Waals surface area contributed by atoms with Crippen molar-refractivity contribution in [1.29, 1.82) is 5.26 Å². The fraction of sp³-hybridized carbons (Fsp3) is 0.250. The molecular weight excluding hydrogens is 236 g/mol. The van der Waals surface area contributed by atoms with E-state index in [2.05, 4.69) is 12.2 Å². The highest BCUT2D eigenvalue weighted by molar-refractivity contribution is 5.97. The highest BCUT2D eigenvalue weighted by Crippen LogP contribution is 2.02. The van der Waals surface area contributed by atoms with Crippen LogP contribution < -0.4 is 5.32 Å². The van der Waals surface area contributed by atoms with Gasteiger partial charge in [-0.3, -0.25) is 4.79 Å². The van der Waals surface area contributed by atoms with Gasteiger partial charge in [-0.2, -0.15) is 5.26 Å². The Morgan fingerprint density at radius 2 is 2.11 bits per heavy atom. The monoisotopic (exact) mass is 254 g/mol. The largest absolute Gasteiger partial charge is 0.351 e. The fourth-order valence-electron chi connectivity index (χ4n) is 1.46. The van der Waals surface area contributed by atoms with E-state index in [1.54, 1.807) is 6.08 Å². The minimum atomic E-state index is -0.311. The summed E-state index contributed by atoms with van der Waals surface area (Å²) in [4.78, 5) is 11.7. The quantitative estimate of drug-likeness (QED) is 0.367. The molecule has 98 valence electrons. The summed E-state index contributed by atoms with van der Waals surface area (Å²) in [6.07, 6.45) is 7.04. The Bertz CT molecular complexity index is 495. The summed E-state index contributed by atoms with van der Waals surface area (Å²) in [7, 11) is 0. The number of carbonyl (C=O) groups is 1. The molecule has 0 fully saturated rings. The van der Waals surface area contributed by atoms with Crippen LogP contribution in [-0.2, 0) is 4.79 Å². The highest BCUT2D eigenvalue weighted by atomic mass is 16.1. The zero-order chi connectivity index (χ0) is 13.9. The van der Waals surface area contributed by atoms with E-state index in [4.69, 9.17) is 5.26 Å². The molecule has 0 spiro atoms. The van der Waals surface area contributed by atoms with E-state index >= 15 is 0 Å². The van der Waals surface area contributed by atoms with Gasteiger partial charge in [-0.15, -0.1) is 0 Å². The van der Waals surface area contributed by atoms with Crippen LogP contribution in [-0.4, -0.2) is 12.5 Å². The third-order valence-corrected chi connectivity index (χ3v) is 2.53. The number of amides is 1. The van der Waals surface area contributed by atoms with Gasteiger partial charge in [0.25, 0.3) is 5.91 Å². The number of hydrogen-bond acceptors (Lipinski definition) is 2. The first kappa shape index (κ1) is 14.7. The summed E-state index contributed by atoms with van der Waals surface area (Å²) in [5.41, 5.74) is 1.16. The van der Waals surface area contributed by atoms with Crippen molar-refractivity contribution in [3.63, 3.8) is 0 Å². The van der Waals surface area contributed by atoms with Gasteiger partial charge in [-0.1, -0.05) is 55.8 Å². The van der Waals surface area contributed by atoms with E-state index < -0.39 is 0 Å². The molecule has 19 heavy (non-hydrogen) atoms. The number of nitriles is 1. The Hall–Kier alpha value is -2.34. The fourth-order valence-corrected chi connectivity index (χ4v) is 1.46. The first-order valence-corrected chi connectivity index (χ1v) is 6.39. The van der Waals surface area contributed by atoms with Crippen LogP contribution in [0.2, 0.25) is 0 Å². The normalized spacial score (nSPS) is 11.3. The molecule has 0 aliphatic rings. The van der Waals surface area contributed by atoms with Crippen molar-refractivity contribution in [2.45, 2.75) is 19.8 Å². The molecular formula is C16H18N2O. The minimum Gasteiger partial charge on any atom is -0.351 e. The molecule has 1 aromatic carbocycles. The van der Waals surface area contributed by atoms with Gasteiger partial charge < -0.3 is 5.32 Å². The van der Waals surface area contributed by atoms with Gasteiger partial charge in [0, 0.05) is 6.54 Å². The van der Waals surface area contributed by atoms with E-state index in [-0.39, 0.29) is 11.5 Å². The van der Waals surface area contributed by atoms with Crippen LogP contribution in [0.1, 0.15) is 25.3 Å². The Labute approximate surface area is 114 Å². The van der Waals surface area contributed by atoms with Crippen molar-refractivity contribution in [3.8, 4) is 6.07 Å². The summed E-state index contributed by atoms with van der Waals surface area (Å²) < 4.78 is 0. The molecule has 1 amide bonds. The maximum Gasteiger partial charge on any atom is 0.261 e. The maximum atomic E-state index is 11.7. The van der Waals surface area contributed by atoms with E-state index in [0.29, 0.717) is 6.54 Å². The molecule has 0 aromatic heterocycles. The SMILES string of the molecule is CCCCNC(=O)/C(C#N)=C\C=C\c1ccccc1. The lowest BCUT2D eigenvalue weighted by Crippen LogP contribution is -2.25. The third kappa shape index (κ3) is 5.69. The smallest absolute Gasteiger partial charge is 0.261 e. The molecule has 1 aromatic rings. The van der Waals surface area contributed by atoms with E-state index in [0.717, 1.165) is 18.4 Å². The van der Waals surface area contributed by atoms with Gasteiger partial charge >= 0.3 is 0 Å². The highest BCUT2D eigenvalue weighted by Gasteiger charge is 2.05. The number of nitrogens with one attached hydrogen (secondary N) is 1. The van der Waals surface area contributed by atoms with Gasteiger partial charge in [0.15, 0.2) is 0 Å². The lowest BCUT2D eigenvalue weighted by atomic mass is 10.2. The molecule has 0 bridgehead atoms. The molecule has 0 heterocycles. The van der Waals surface area contributed by atoms with Gasteiger partial charge in [-0.05, 0) is 18.1 Å². The molecule has 3 heteroatoms. The number of benzene rings is 1. The molecule has 0 atom stereocenters. The zero-order valence-electron chi connectivity index (χ0n) is 11.1. The van der Waals surface area contributed by atoms with Crippen LogP contribution in [0.25, 0.3) is 6.08 Å². The van der Waals surface area contributed by atoms with Crippen molar-refractivity contribution in [2.75, 3.05) is 6.54 Å². The molecule has 0 radical (unpaired) electrons. The first-order chi connectivity index (χ1) is 9.27. The summed E-state index contributed by atoms with van der Waals surface area (Å²) in [6.45, 7) is 2.66. The molecule has 1 rings (SSSR count). The van der Waals surface area contributed by atoms with Crippen molar-refractivity contribution in [2.24, 2.45) is 0 Å². The minimum absolute atomic E-state index is 0.128. The molecule has 0 saturated heterocycles. The number of nitrogens with zero attached hydrogens (tertiary/aromatic N) is 1. The molecule has 3 nitrogen and oxygen atoms in total. The molecule has 0 saturated carbocycles. The summed E-state index contributed by atoms with van der Waals surface area (Å²) in [6, 6.07) is 11.6. The predicted molar refractivity (Wildman–Crippen MR) is 77.1 cm³/mol. The molecule has 1 N–H and O–H groups in total. The number of allylic oxidation sites excluding steroid dienone is 2. The Kier molecular flexibility index (Phi) is 6.75. The topological polar surface area (TPSA) is 52.9 Å². The van der Waals surface area contributed by atoms with Crippen molar-refractivity contribution >= 4 is 12.0 Å². The second-order valence-corrected chi connectivity index (χ2v) is 4.07. The van der Waals surface area contributed by atoms with E-state index in [1.165, 1.54) is 6.08 Å². The number of rotatable bonds is 6. The van der Waals surface area contributed by atoms with Crippen LogP contribution in [0.4, 0.5) is 0 Å². The van der Waals surface area contributed by atoms with E-state index in [1.807, 2.05) is 42.5 Å². The van der Waals surface area contributed by atoms with Crippen molar-refractivity contribution < 1.29 is 4.79 Å². The molecule has 0 aliphatic carbocycles. The van der Waals surface area contributed by atoms with Crippen LogP contribution in [0, 0.1) is 11.3 Å². The average Bonchev–Trinajstić information content (AvgIpc) is 2.45. The van der Waals surface area contributed by atoms with Crippen LogP contribution in [0.5, 0.6) is 0 Å². The first-order valence-electron chi connectivity index (χ1n) is 6.39. The van der Waals surface area contributed by atoms with Gasteiger partial charge in [0.05, 0.1) is 0 Å². The number of carbonyl (C=O) groups excluding carboxylic acids is 1. The summed E-state index contributed by atoms with van der Waals surface area (Å²) in [5, 5.41) is 11.7. The second-order valence-electron chi connectivity index (χ2n) is 4.07. The van der Waals surface area contributed by atoms with Gasteiger partial charge in [-0.25, -0.2) is 0 Å². The van der Waals surface area contributed by atoms with Gasteiger partial charge in [0.1, 0.15) is 11.6 Å².